The van der Waals surface area contributed by atoms with E-state index in [1.807, 2.05) is 6.07 Å². The van der Waals surface area contributed by atoms with Gasteiger partial charge in [0.2, 0.25) is 0 Å². The average molecular weight is 506 g/mol. The Labute approximate surface area is 203 Å². The molecule has 7 nitrogen and oxygen atoms in total. The van der Waals surface area contributed by atoms with Crippen LogP contribution in [-0.4, -0.2) is 31.4 Å². The van der Waals surface area contributed by atoms with Crippen LogP contribution in [-0.2, 0) is 17.8 Å². The van der Waals surface area contributed by atoms with Crippen LogP contribution < -0.4 is 11.2 Å². The molecule has 2 aromatic carbocycles. The first-order valence-corrected chi connectivity index (χ1v) is 11.6. The maximum atomic E-state index is 13.5. The smallest absolute Gasteiger partial charge is 0.337 e. The fourth-order valence-corrected chi connectivity index (χ4v) is 4.56. The predicted octanol–water partition coefficient (Wildman–Crippen LogP) is 4.54. The molecule has 10 heteroatoms. The van der Waals surface area contributed by atoms with Gasteiger partial charge in [0.1, 0.15) is 0 Å². The van der Waals surface area contributed by atoms with Crippen molar-refractivity contribution in [3.8, 4) is 5.69 Å². The molecule has 0 radical (unpaired) electrons. The Morgan fingerprint density at radius 2 is 1.82 bits per heavy atom. The van der Waals surface area contributed by atoms with Crippen LogP contribution in [0.4, 0.5) is 0 Å². The van der Waals surface area contributed by atoms with Crippen molar-refractivity contribution in [2.45, 2.75) is 32.0 Å². The quantitative estimate of drug-likeness (QED) is 0.399. The normalized spacial score (nSPS) is 16.0. The van der Waals surface area contributed by atoms with Gasteiger partial charge in [-0.3, -0.25) is 9.36 Å². The highest BCUT2D eigenvalue weighted by molar-refractivity contribution is 6.42. The second-order valence-electron chi connectivity index (χ2n) is 7.94. The van der Waals surface area contributed by atoms with E-state index >= 15 is 0 Å². The second kappa shape index (κ2) is 8.99. The summed E-state index contributed by atoms with van der Waals surface area (Å²) in [5.74, 6) is 0. The molecule has 0 bridgehead atoms. The van der Waals surface area contributed by atoms with Gasteiger partial charge in [-0.2, -0.15) is 0 Å². The first-order chi connectivity index (χ1) is 15.9. The van der Waals surface area contributed by atoms with E-state index in [0.717, 1.165) is 18.4 Å². The van der Waals surface area contributed by atoms with Crippen molar-refractivity contribution >= 4 is 46.0 Å². The number of aromatic nitrogens is 4. The van der Waals surface area contributed by atoms with Crippen molar-refractivity contribution in [3.63, 3.8) is 0 Å². The van der Waals surface area contributed by atoms with Gasteiger partial charge in [0, 0.05) is 18.2 Å². The molecule has 3 heterocycles. The van der Waals surface area contributed by atoms with Crippen LogP contribution in [0.25, 0.3) is 16.9 Å². The molecule has 0 saturated carbocycles. The van der Waals surface area contributed by atoms with E-state index in [2.05, 4.69) is 4.98 Å². The average Bonchev–Trinajstić information content (AvgIpc) is 3.45. The van der Waals surface area contributed by atoms with E-state index in [0.29, 0.717) is 39.4 Å². The Hall–Kier alpha value is -2.58. The van der Waals surface area contributed by atoms with Crippen molar-refractivity contribution in [2.24, 2.45) is 0 Å². The van der Waals surface area contributed by atoms with Crippen molar-refractivity contribution in [3.05, 3.63) is 90.3 Å². The van der Waals surface area contributed by atoms with Gasteiger partial charge in [-0.25, -0.2) is 14.3 Å². The molecule has 1 aliphatic heterocycles. The van der Waals surface area contributed by atoms with Crippen molar-refractivity contribution in [1.29, 1.82) is 0 Å². The summed E-state index contributed by atoms with van der Waals surface area (Å²) in [7, 11) is 0. The summed E-state index contributed by atoms with van der Waals surface area (Å²) in [5.41, 5.74) is 1.12. The molecule has 0 spiro atoms. The number of halogens is 3. The van der Waals surface area contributed by atoms with E-state index in [1.165, 1.54) is 9.13 Å². The first kappa shape index (κ1) is 22.2. The molecule has 170 valence electrons. The maximum absolute atomic E-state index is 13.5. The molecular formula is C23H19Cl3N4O3. The standard InChI is InChI=1S/C23H19Cl3N4O3/c24-15-4-6-16(7-5-15)30-21-20(22(31)29(23(30)32)12-17-2-1-9-33-17)28(13-27-21)11-14-3-8-18(25)19(26)10-14/h3-8,10,13,17H,1-2,9,11-12H2/t17-/m1/s1. The Morgan fingerprint density at radius 1 is 1.03 bits per heavy atom. The molecule has 1 saturated heterocycles. The summed E-state index contributed by atoms with van der Waals surface area (Å²) in [6.45, 7) is 1.14. The molecule has 4 aromatic rings. The van der Waals surface area contributed by atoms with E-state index in [4.69, 9.17) is 39.5 Å². The molecule has 1 aliphatic rings. The summed E-state index contributed by atoms with van der Waals surface area (Å²) in [6, 6.07) is 12.1. The molecule has 0 unspecified atom stereocenters. The largest absolute Gasteiger partial charge is 0.376 e. The fraction of sp³-hybridized carbons (Fsp3) is 0.261. The van der Waals surface area contributed by atoms with E-state index in [1.54, 1.807) is 47.3 Å². The van der Waals surface area contributed by atoms with Crippen LogP contribution in [0.2, 0.25) is 15.1 Å². The number of hydrogen-bond donors (Lipinski definition) is 0. The number of benzene rings is 2. The summed E-state index contributed by atoms with van der Waals surface area (Å²) in [5, 5.41) is 1.42. The van der Waals surface area contributed by atoms with Crippen molar-refractivity contribution in [1.82, 2.24) is 18.7 Å². The van der Waals surface area contributed by atoms with Gasteiger partial charge in [0.25, 0.3) is 5.56 Å². The van der Waals surface area contributed by atoms with Gasteiger partial charge < -0.3 is 9.30 Å². The number of rotatable bonds is 5. The molecule has 1 atom stereocenters. The van der Waals surface area contributed by atoms with Crippen LogP contribution >= 0.6 is 34.8 Å². The predicted molar refractivity (Wildman–Crippen MR) is 129 cm³/mol. The zero-order chi connectivity index (χ0) is 23.1. The zero-order valence-electron chi connectivity index (χ0n) is 17.4. The molecular weight excluding hydrogens is 487 g/mol. The highest BCUT2D eigenvalue weighted by Crippen LogP contribution is 2.24. The van der Waals surface area contributed by atoms with Gasteiger partial charge >= 0.3 is 5.69 Å². The monoisotopic (exact) mass is 504 g/mol. The highest BCUT2D eigenvalue weighted by Gasteiger charge is 2.23. The van der Waals surface area contributed by atoms with Crippen LogP contribution in [0.3, 0.4) is 0 Å². The van der Waals surface area contributed by atoms with Crippen LogP contribution in [0.5, 0.6) is 0 Å². The molecule has 5 rings (SSSR count). The lowest BCUT2D eigenvalue weighted by Gasteiger charge is -2.15. The third-order valence-electron chi connectivity index (χ3n) is 5.73. The molecule has 2 aromatic heterocycles. The molecule has 0 amide bonds. The first-order valence-electron chi connectivity index (χ1n) is 10.4. The van der Waals surface area contributed by atoms with Crippen LogP contribution in [0.15, 0.2) is 58.4 Å². The van der Waals surface area contributed by atoms with Gasteiger partial charge in [-0.1, -0.05) is 40.9 Å². The van der Waals surface area contributed by atoms with Gasteiger partial charge in [-0.05, 0) is 54.8 Å². The summed E-state index contributed by atoms with van der Waals surface area (Å²) < 4.78 is 10.1. The van der Waals surface area contributed by atoms with Crippen molar-refractivity contribution in [2.75, 3.05) is 6.61 Å². The lowest BCUT2D eigenvalue weighted by molar-refractivity contribution is 0.0950. The zero-order valence-corrected chi connectivity index (χ0v) is 19.6. The van der Waals surface area contributed by atoms with E-state index in [-0.39, 0.29) is 18.3 Å². The van der Waals surface area contributed by atoms with E-state index in [9.17, 15) is 9.59 Å². The van der Waals surface area contributed by atoms with E-state index < -0.39 is 11.2 Å². The summed E-state index contributed by atoms with van der Waals surface area (Å²) >= 11 is 18.3. The molecule has 1 fully saturated rings. The lowest BCUT2D eigenvalue weighted by Crippen LogP contribution is -2.42. The number of fused-ring (bicyclic) bond motifs is 1. The SMILES string of the molecule is O=c1c2c(ncn2Cc2ccc(Cl)c(Cl)c2)n(-c2ccc(Cl)cc2)c(=O)n1C[C@H]1CCCO1. The molecule has 0 aliphatic carbocycles. The Balaban J connectivity index is 1.71. The Kier molecular flexibility index (Phi) is 6.05. The fourth-order valence-electron chi connectivity index (χ4n) is 4.11. The minimum absolute atomic E-state index is 0.180. The third-order valence-corrected chi connectivity index (χ3v) is 6.72. The number of imidazole rings is 1. The summed E-state index contributed by atoms with van der Waals surface area (Å²) in [6.07, 6.45) is 3.07. The maximum Gasteiger partial charge on any atom is 0.337 e. The minimum Gasteiger partial charge on any atom is -0.376 e. The molecule has 33 heavy (non-hydrogen) atoms. The van der Waals surface area contributed by atoms with Gasteiger partial charge in [-0.15, -0.1) is 0 Å². The minimum atomic E-state index is -0.467. The Bertz CT molecular complexity index is 1450. The molecule has 0 N–H and O–H groups in total. The Morgan fingerprint density at radius 3 is 2.52 bits per heavy atom. The third kappa shape index (κ3) is 4.22. The highest BCUT2D eigenvalue weighted by atomic mass is 35.5. The lowest BCUT2D eigenvalue weighted by atomic mass is 10.2. The number of hydrogen-bond acceptors (Lipinski definition) is 4. The van der Waals surface area contributed by atoms with Crippen LogP contribution in [0, 0.1) is 0 Å². The second-order valence-corrected chi connectivity index (χ2v) is 9.19. The summed E-state index contributed by atoms with van der Waals surface area (Å²) in [4.78, 5) is 31.5. The van der Waals surface area contributed by atoms with Gasteiger partial charge in [0.05, 0.1) is 34.7 Å². The topological polar surface area (TPSA) is 71.0 Å². The number of nitrogens with zero attached hydrogens (tertiary/aromatic N) is 4. The van der Waals surface area contributed by atoms with Gasteiger partial charge in [0.15, 0.2) is 11.2 Å². The number of ether oxygens (including phenoxy) is 1. The van der Waals surface area contributed by atoms with Crippen molar-refractivity contribution < 1.29 is 4.74 Å². The van der Waals surface area contributed by atoms with Crippen LogP contribution in [0.1, 0.15) is 18.4 Å².